The summed E-state index contributed by atoms with van der Waals surface area (Å²) >= 11 is 1.49. The van der Waals surface area contributed by atoms with E-state index in [9.17, 15) is 9.59 Å². The molecule has 1 fully saturated rings. The number of carbonyl (C=O) groups excluding carboxylic acids is 2. The molecule has 1 aromatic heterocycles. The Morgan fingerprint density at radius 3 is 2.69 bits per heavy atom. The van der Waals surface area contributed by atoms with Gasteiger partial charge in [0.2, 0.25) is 0 Å². The SMILES string of the molecule is Cc1scc2c1C(=O)Nc1ccccc1N2C(=O)C=C1CCN(C)CC1. The van der Waals surface area contributed by atoms with Crippen LogP contribution < -0.4 is 10.2 Å². The number of benzene rings is 1. The van der Waals surface area contributed by atoms with Crippen LogP contribution in [0.3, 0.4) is 0 Å². The molecule has 0 atom stereocenters. The van der Waals surface area contributed by atoms with E-state index in [0.29, 0.717) is 22.6 Å². The number of piperidine rings is 1. The maximum absolute atomic E-state index is 13.2. The van der Waals surface area contributed by atoms with E-state index in [4.69, 9.17) is 0 Å². The van der Waals surface area contributed by atoms with E-state index in [1.54, 1.807) is 11.0 Å². The van der Waals surface area contributed by atoms with Gasteiger partial charge in [-0.25, -0.2) is 0 Å². The first kappa shape index (κ1) is 17.0. The molecule has 3 heterocycles. The number of aryl methyl sites for hydroxylation is 1. The molecule has 26 heavy (non-hydrogen) atoms. The molecule has 5 nitrogen and oxygen atoms in total. The van der Waals surface area contributed by atoms with Gasteiger partial charge in [-0.2, -0.15) is 0 Å². The average Bonchev–Trinajstić information content (AvgIpc) is 2.93. The highest BCUT2D eigenvalue weighted by atomic mass is 32.1. The molecule has 1 saturated heterocycles. The summed E-state index contributed by atoms with van der Waals surface area (Å²) in [5.41, 5.74) is 3.80. The van der Waals surface area contributed by atoms with Crippen molar-refractivity contribution < 1.29 is 9.59 Å². The van der Waals surface area contributed by atoms with Gasteiger partial charge in [0.1, 0.15) is 0 Å². The zero-order chi connectivity index (χ0) is 18.3. The molecule has 0 radical (unpaired) electrons. The number of hydrogen-bond donors (Lipinski definition) is 1. The lowest BCUT2D eigenvalue weighted by Gasteiger charge is -2.25. The van der Waals surface area contributed by atoms with Crippen molar-refractivity contribution in [2.45, 2.75) is 19.8 Å². The molecule has 2 aliphatic rings. The minimum absolute atomic E-state index is 0.0902. The van der Waals surface area contributed by atoms with Gasteiger partial charge in [0.15, 0.2) is 0 Å². The number of amides is 2. The van der Waals surface area contributed by atoms with Crippen LogP contribution in [-0.4, -0.2) is 36.9 Å². The molecular formula is C20H21N3O2S. The lowest BCUT2D eigenvalue weighted by atomic mass is 10.0. The van der Waals surface area contributed by atoms with Crippen molar-refractivity contribution >= 4 is 40.2 Å². The molecule has 0 aliphatic carbocycles. The second kappa shape index (κ2) is 6.70. The highest BCUT2D eigenvalue weighted by Gasteiger charge is 2.31. The van der Waals surface area contributed by atoms with Crippen molar-refractivity contribution in [2.24, 2.45) is 0 Å². The van der Waals surface area contributed by atoms with Crippen LogP contribution in [0.5, 0.6) is 0 Å². The second-order valence-electron chi connectivity index (χ2n) is 6.80. The van der Waals surface area contributed by atoms with Gasteiger partial charge in [-0.15, -0.1) is 11.3 Å². The Balaban J connectivity index is 1.79. The number of nitrogens with zero attached hydrogens (tertiary/aromatic N) is 2. The number of carbonyl (C=O) groups is 2. The third-order valence-corrected chi connectivity index (χ3v) is 5.89. The Labute approximate surface area is 156 Å². The van der Waals surface area contributed by atoms with E-state index < -0.39 is 0 Å². The molecule has 0 spiro atoms. The van der Waals surface area contributed by atoms with Crippen LogP contribution in [0, 0.1) is 6.92 Å². The van der Waals surface area contributed by atoms with Crippen LogP contribution in [0.2, 0.25) is 0 Å². The number of thiophene rings is 1. The Morgan fingerprint density at radius 2 is 1.92 bits per heavy atom. The zero-order valence-corrected chi connectivity index (χ0v) is 15.7. The summed E-state index contributed by atoms with van der Waals surface area (Å²) in [6, 6.07) is 7.46. The maximum atomic E-state index is 13.2. The lowest BCUT2D eigenvalue weighted by molar-refractivity contribution is -0.113. The summed E-state index contributed by atoms with van der Waals surface area (Å²) in [5.74, 6) is -0.249. The van der Waals surface area contributed by atoms with Gasteiger partial charge in [-0.1, -0.05) is 17.7 Å². The van der Waals surface area contributed by atoms with Crippen LogP contribution in [0.25, 0.3) is 0 Å². The normalized spacial score (nSPS) is 17.2. The first-order valence-corrected chi connectivity index (χ1v) is 9.63. The third kappa shape index (κ3) is 2.95. The summed E-state index contributed by atoms with van der Waals surface area (Å²) in [6.45, 7) is 3.86. The van der Waals surface area contributed by atoms with Crippen molar-refractivity contribution in [3.8, 4) is 0 Å². The van der Waals surface area contributed by atoms with Crippen molar-refractivity contribution in [1.82, 2.24) is 4.90 Å². The van der Waals surface area contributed by atoms with Crippen LogP contribution >= 0.6 is 11.3 Å². The summed E-state index contributed by atoms with van der Waals surface area (Å²) < 4.78 is 0. The van der Waals surface area contributed by atoms with Crippen LogP contribution in [-0.2, 0) is 4.79 Å². The maximum Gasteiger partial charge on any atom is 0.258 e. The molecule has 2 aliphatic heterocycles. The lowest BCUT2D eigenvalue weighted by Crippen LogP contribution is -2.28. The van der Waals surface area contributed by atoms with Gasteiger partial charge in [0, 0.05) is 29.4 Å². The van der Waals surface area contributed by atoms with Gasteiger partial charge in [0.05, 0.1) is 22.6 Å². The van der Waals surface area contributed by atoms with Gasteiger partial charge in [-0.05, 0) is 38.9 Å². The van der Waals surface area contributed by atoms with Gasteiger partial charge in [-0.3, -0.25) is 14.5 Å². The van der Waals surface area contributed by atoms with Crippen LogP contribution in [0.15, 0.2) is 41.3 Å². The molecule has 0 saturated carbocycles. The predicted molar refractivity (Wildman–Crippen MR) is 105 cm³/mol. The summed E-state index contributed by atoms with van der Waals surface area (Å²) in [7, 11) is 2.10. The number of nitrogens with one attached hydrogen (secondary N) is 1. The van der Waals surface area contributed by atoms with Gasteiger partial charge < -0.3 is 10.2 Å². The minimum Gasteiger partial charge on any atom is -0.320 e. The summed E-state index contributed by atoms with van der Waals surface area (Å²) in [6.07, 6.45) is 3.57. The highest BCUT2D eigenvalue weighted by molar-refractivity contribution is 7.10. The number of anilines is 3. The highest BCUT2D eigenvalue weighted by Crippen LogP contribution is 2.41. The van der Waals surface area contributed by atoms with E-state index >= 15 is 0 Å². The molecule has 0 unspecified atom stereocenters. The van der Waals surface area contributed by atoms with Crippen LogP contribution in [0.4, 0.5) is 17.1 Å². The molecule has 134 valence electrons. The Hall–Kier alpha value is -2.44. The van der Waals surface area contributed by atoms with Crippen molar-refractivity contribution in [2.75, 3.05) is 30.4 Å². The molecule has 1 N–H and O–H groups in total. The molecule has 2 aromatic rings. The quantitative estimate of drug-likeness (QED) is 0.777. The van der Waals surface area contributed by atoms with Gasteiger partial charge >= 0.3 is 0 Å². The standard InChI is InChI=1S/C20H21N3O2S/c1-13-19-17(12-26-13)23(16-6-4-3-5-15(16)21-20(19)25)18(24)11-14-7-9-22(2)10-8-14/h3-6,11-12H,7-10H2,1-2H3,(H,21,25). The molecule has 6 heteroatoms. The van der Waals surface area contributed by atoms with Crippen molar-refractivity contribution in [1.29, 1.82) is 0 Å². The Kier molecular flexibility index (Phi) is 4.38. The fourth-order valence-electron chi connectivity index (χ4n) is 3.50. The van der Waals surface area contributed by atoms with Crippen molar-refractivity contribution in [3.63, 3.8) is 0 Å². The predicted octanol–water partition coefficient (Wildman–Crippen LogP) is 3.94. The monoisotopic (exact) mass is 367 g/mol. The smallest absolute Gasteiger partial charge is 0.258 e. The third-order valence-electron chi connectivity index (χ3n) is 4.99. The number of fused-ring (bicyclic) bond motifs is 2. The summed E-state index contributed by atoms with van der Waals surface area (Å²) in [4.78, 5) is 30.8. The van der Waals surface area contributed by atoms with Gasteiger partial charge in [0.25, 0.3) is 11.8 Å². The zero-order valence-electron chi connectivity index (χ0n) is 14.9. The average molecular weight is 367 g/mol. The molecule has 1 aromatic carbocycles. The van der Waals surface area contributed by atoms with E-state index in [0.717, 1.165) is 30.8 Å². The first-order chi connectivity index (χ1) is 12.5. The summed E-state index contributed by atoms with van der Waals surface area (Å²) in [5, 5.41) is 4.85. The Morgan fingerprint density at radius 1 is 1.19 bits per heavy atom. The number of hydrogen-bond acceptors (Lipinski definition) is 4. The fourth-order valence-corrected chi connectivity index (χ4v) is 4.33. The van der Waals surface area contributed by atoms with Crippen molar-refractivity contribution in [3.05, 3.63) is 51.7 Å². The van der Waals surface area contributed by atoms with Crippen LogP contribution in [0.1, 0.15) is 28.1 Å². The molecule has 2 amide bonds. The van der Waals surface area contributed by atoms with E-state index in [1.807, 2.05) is 36.6 Å². The Bertz CT molecular complexity index is 906. The van der Waals surface area contributed by atoms with E-state index in [-0.39, 0.29) is 11.8 Å². The number of likely N-dealkylation sites (tertiary alicyclic amines) is 1. The first-order valence-electron chi connectivity index (χ1n) is 8.75. The largest absolute Gasteiger partial charge is 0.320 e. The van der Waals surface area contributed by atoms with E-state index in [1.165, 1.54) is 16.9 Å². The molecular weight excluding hydrogens is 346 g/mol. The molecule has 4 rings (SSSR count). The topological polar surface area (TPSA) is 52.7 Å². The minimum atomic E-state index is -0.159. The number of rotatable bonds is 1. The van der Waals surface area contributed by atoms with E-state index in [2.05, 4.69) is 17.3 Å². The fraction of sp³-hybridized carbons (Fsp3) is 0.300. The number of para-hydroxylation sites is 2. The second-order valence-corrected chi connectivity index (χ2v) is 7.89. The molecule has 0 bridgehead atoms.